The van der Waals surface area contributed by atoms with Gasteiger partial charge >= 0.3 is 14.0 Å². The van der Waals surface area contributed by atoms with Gasteiger partial charge in [-0.1, -0.05) is 164 Å². The first-order chi connectivity index (χ1) is 39.8. The molecule has 0 saturated heterocycles. The Kier molecular flexibility index (Phi) is 10.7. The van der Waals surface area contributed by atoms with Crippen LogP contribution >= 0.6 is 0 Å². The third kappa shape index (κ3) is 7.09. The topological polar surface area (TPSA) is 19.4 Å². The van der Waals surface area contributed by atoms with Gasteiger partial charge in [0.2, 0.25) is 0 Å². The van der Waals surface area contributed by atoms with Gasteiger partial charge in [-0.3, -0.25) is 0 Å². The van der Waals surface area contributed by atoms with Crippen molar-refractivity contribution >= 4 is 105 Å². The van der Waals surface area contributed by atoms with Crippen molar-refractivity contribution in [3.8, 4) is 33.4 Å². The van der Waals surface area contributed by atoms with Gasteiger partial charge in [0, 0.05) is 96.3 Å². The van der Waals surface area contributed by atoms with Crippen LogP contribution < -0.4 is 40.0 Å². The molecule has 0 radical (unpaired) electrons. The molecule has 0 amide bonds. The molecule has 4 aliphatic rings. The zero-order chi connectivity index (χ0) is 52.7. The zero-order valence-electron chi connectivity index (χ0n) is 43.7. The number of hydrogen-bond donors (Lipinski definition) is 0. The van der Waals surface area contributed by atoms with E-state index in [4.69, 9.17) is 0 Å². The first-order valence-corrected chi connectivity index (χ1v) is 27.6. The van der Waals surface area contributed by atoms with Crippen LogP contribution in [0.2, 0.25) is 0 Å². The maximum Gasteiger partial charge on any atom is 0.421 e. The van der Waals surface area contributed by atoms with Crippen molar-refractivity contribution in [2.24, 2.45) is 0 Å². The molecule has 12 aromatic rings. The summed E-state index contributed by atoms with van der Waals surface area (Å²) in [5, 5.41) is 0. The van der Waals surface area contributed by atoms with Gasteiger partial charge in [0.05, 0.1) is 0 Å². The number of fused-ring (bicyclic) bond motifs is 4. The molecule has 0 aromatic heterocycles. The van der Waals surface area contributed by atoms with Crippen molar-refractivity contribution < 1.29 is 0 Å². The minimum atomic E-state index is -0.300. The highest BCUT2D eigenvalue weighted by Crippen LogP contribution is 2.58. The summed E-state index contributed by atoms with van der Waals surface area (Å²) in [6.45, 7) is -0.601. The van der Waals surface area contributed by atoms with E-state index in [0.717, 1.165) is 79.6 Å². The minimum Gasteiger partial charge on any atom is -0.361 e. The Morgan fingerprint density at radius 2 is 0.500 bits per heavy atom. The van der Waals surface area contributed by atoms with Crippen molar-refractivity contribution in [3.05, 3.63) is 303 Å². The molecule has 0 saturated carbocycles. The van der Waals surface area contributed by atoms with Crippen LogP contribution in [0, 0.1) is 0 Å². The summed E-state index contributed by atoms with van der Waals surface area (Å²) < 4.78 is 0. The van der Waals surface area contributed by atoms with Gasteiger partial charge in [-0.15, -0.1) is 0 Å². The molecule has 0 aliphatic carbocycles. The molecule has 0 bridgehead atoms. The molecule has 12 aromatic carbocycles. The smallest absolute Gasteiger partial charge is 0.361 e. The monoisotopic (exact) mass is 1020 g/mol. The summed E-state index contributed by atoms with van der Waals surface area (Å²) in [6.07, 6.45) is 0. The van der Waals surface area contributed by atoms with Gasteiger partial charge in [0.15, 0.2) is 0 Å². The Morgan fingerprint density at radius 3 is 0.812 bits per heavy atom. The van der Waals surface area contributed by atoms with Crippen LogP contribution in [-0.4, -0.2) is 14.0 Å². The fourth-order valence-electron chi connectivity index (χ4n) is 13.3. The van der Waals surface area contributed by atoms with E-state index in [1.807, 2.05) is 0 Å². The maximum atomic E-state index is 2.62. The number of para-hydroxylation sites is 8. The molecule has 8 heteroatoms. The average molecular weight is 1020 g/mol. The summed E-state index contributed by atoms with van der Waals surface area (Å²) in [4.78, 5) is 15.3. The lowest BCUT2D eigenvalue weighted by Crippen LogP contribution is -2.68. The number of rotatable bonds is 10. The summed E-state index contributed by atoms with van der Waals surface area (Å²) in [5.41, 5.74) is 25.5. The average Bonchev–Trinajstić information content (AvgIpc) is 3.68. The Hall–Kier alpha value is -10.4. The highest BCUT2D eigenvalue weighted by molar-refractivity contribution is 6.92. The molecule has 4 heterocycles. The van der Waals surface area contributed by atoms with Gasteiger partial charge in [-0.2, -0.15) is 0 Å². The highest BCUT2D eigenvalue weighted by atomic mass is 15.3. The second kappa shape index (κ2) is 18.6. The molecule has 374 valence electrons. The Morgan fingerprint density at radius 1 is 0.212 bits per heavy atom. The summed E-state index contributed by atoms with van der Waals surface area (Å²) in [6, 6.07) is 111. The molecule has 16 rings (SSSR count). The predicted octanol–water partition coefficient (Wildman–Crippen LogP) is 17.6. The van der Waals surface area contributed by atoms with Gasteiger partial charge < -0.3 is 29.0 Å². The van der Waals surface area contributed by atoms with E-state index in [1.165, 1.54) is 44.3 Å². The number of benzene rings is 12. The van der Waals surface area contributed by atoms with E-state index in [-0.39, 0.29) is 14.0 Å². The van der Waals surface area contributed by atoms with Crippen LogP contribution in [0.25, 0.3) is 33.4 Å². The van der Waals surface area contributed by atoms with Crippen LogP contribution in [0.3, 0.4) is 0 Å². The fraction of sp³-hybridized carbons (Fsp3) is 0. The van der Waals surface area contributed by atoms with Crippen molar-refractivity contribution in [1.29, 1.82) is 0 Å². The van der Waals surface area contributed by atoms with E-state index in [9.17, 15) is 0 Å². The molecule has 0 atom stereocenters. The standard InChI is InChI=1S/C72H50B2N6/c1-9-26-51(27-10-1)75(52-28-11-2-12-29-52)59-44-46-61-63-50-64-62-47-45-60(76(53-30-13-3-14-31-53)54-32-15-4-16-33-54)49-68(62)80(58-40-23-8-24-41-58)74-72(64)70-69-65(42-25-43-66(69)78(74)56-36-19-6-20-37-56)77(55-34-17-5-18-35-55)73(71(63)70)79(67(61)48-59)57-38-21-7-22-39-57/h1-50H. The molecular formula is C72H50B2N6. The van der Waals surface area contributed by atoms with Gasteiger partial charge in [-0.05, 0) is 167 Å². The predicted molar refractivity (Wildman–Crippen MR) is 337 cm³/mol. The zero-order valence-corrected chi connectivity index (χ0v) is 43.7. The fourth-order valence-corrected chi connectivity index (χ4v) is 13.3. The minimum absolute atomic E-state index is 0.300. The third-order valence-corrected chi connectivity index (χ3v) is 16.5. The lowest BCUT2D eigenvalue weighted by molar-refractivity contribution is 1.22. The molecule has 4 aliphatic heterocycles. The maximum absolute atomic E-state index is 2.62. The van der Waals surface area contributed by atoms with Crippen LogP contribution in [0.4, 0.5) is 79.6 Å². The number of nitrogens with zero attached hydrogens (tertiary/aromatic N) is 6. The van der Waals surface area contributed by atoms with Gasteiger partial charge in [0.1, 0.15) is 0 Å². The Bertz CT molecular complexity index is 3920. The quantitative estimate of drug-likeness (QED) is 0.126. The molecule has 0 spiro atoms. The lowest BCUT2D eigenvalue weighted by Gasteiger charge is -2.54. The Balaban J connectivity index is 1.04. The Labute approximate surface area is 467 Å². The largest absolute Gasteiger partial charge is 0.421 e. The van der Waals surface area contributed by atoms with E-state index >= 15 is 0 Å². The van der Waals surface area contributed by atoms with Crippen molar-refractivity contribution in [2.45, 2.75) is 0 Å². The van der Waals surface area contributed by atoms with E-state index in [2.05, 4.69) is 332 Å². The van der Waals surface area contributed by atoms with E-state index in [1.54, 1.807) is 0 Å². The van der Waals surface area contributed by atoms with Crippen molar-refractivity contribution in [2.75, 3.05) is 29.0 Å². The van der Waals surface area contributed by atoms with E-state index < -0.39 is 0 Å². The second-order valence-corrected chi connectivity index (χ2v) is 20.8. The third-order valence-electron chi connectivity index (χ3n) is 16.5. The molecule has 80 heavy (non-hydrogen) atoms. The molecule has 6 nitrogen and oxygen atoms in total. The van der Waals surface area contributed by atoms with Crippen LogP contribution in [0.5, 0.6) is 0 Å². The second-order valence-electron chi connectivity index (χ2n) is 20.8. The number of hydrogen-bond acceptors (Lipinski definition) is 6. The lowest BCUT2D eigenvalue weighted by atomic mass is 9.45. The molecular weight excluding hydrogens is 970 g/mol. The summed E-state index contributed by atoms with van der Waals surface area (Å²) >= 11 is 0. The van der Waals surface area contributed by atoms with Crippen molar-refractivity contribution in [1.82, 2.24) is 0 Å². The first-order valence-electron chi connectivity index (χ1n) is 27.6. The number of anilines is 14. The highest BCUT2D eigenvalue weighted by Gasteiger charge is 2.55. The molecule has 0 unspecified atom stereocenters. The summed E-state index contributed by atoms with van der Waals surface area (Å²) in [7, 11) is 0. The normalized spacial score (nSPS) is 13.1. The first kappa shape index (κ1) is 45.7. The molecule has 0 fully saturated rings. The van der Waals surface area contributed by atoms with E-state index in [0.29, 0.717) is 0 Å². The summed E-state index contributed by atoms with van der Waals surface area (Å²) in [5.74, 6) is 0. The van der Waals surface area contributed by atoms with Crippen LogP contribution in [0.15, 0.2) is 303 Å². The van der Waals surface area contributed by atoms with Gasteiger partial charge in [0.25, 0.3) is 0 Å². The molecule has 0 N–H and O–H groups in total. The van der Waals surface area contributed by atoms with Crippen LogP contribution in [0.1, 0.15) is 0 Å². The van der Waals surface area contributed by atoms with Crippen molar-refractivity contribution in [3.63, 3.8) is 0 Å². The van der Waals surface area contributed by atoms with Crippen LogP contribution in [-0.2, 0) is 0 Å². The van der Waals surface area contributed by atoms with Gasteiger partial charge in [-0.25, -0.2) is 0 Å². The SMILES string of the molecule is c1ccc(N2B3c4c(cc5c6c4-c4c(cccc4N(c4ccccc4)B6N(c4ccccc4)c4cc(N(c6ccccc6)c6ccccc6)ccc4-5)N3c3ccccc3)-c3ccc(N(c4ccccc4)c4ccccc4)cc32)cc1.